The second kappa shape index (κ2) is 5.35. The van der Waals surface area contributed by atoms with Gasteiger partial charge in [-0.3, -0.25) is 4.79 Å². The molecule has 0 radical (unpaired) electrons. The molecule has 0 amide bonds. The predicted octanol–water partition coefficient (Wildman–Crippen LogP) is 4.87. The minimum absolute atomic E-state index is 0.206. The van der Waals surface area contributed by atoms with Crippen molar-refractivity contribution in [2.75, 3.05) is 0 Å². The minimum Gasteiger partial charge on any atom is -0.293 e. The van der Waals surface area contributed by atoms with Gasteiger partial charge in [0, 0.05) is 5.56 Å². The third-order valence-electron chi connectivity index (χ3n) is 3.54. The first-order chi connectivity index (χ1) is 9.73. The number of rotatable bonds is 3. The van der Waals surface area contributed by atoms with Crippen molar-refractivity contribution in [3.05, 3.63) is 71.3 Å². The number of carbonyl (C=O) groups excluding carboxylic acids is 1. The van der Waals surface area contributed by atoms with Crippen molar-refractivity contribution in [3.8, 4) is 0 Å². The molecule has 0 aliphatic carbocycles. The number of alkyl halides is 3. The van der Waals surface area contributed by atoms with Crippen LogP contribution in [0.5, 0.6) is 0 Å². The van der Waals surface area contributed by atoms with Crippen LogP contribution in [-0.2, 0) is 11.6 Å². The van der Waals surface area contributed by atoms with Gasteiger partial charge in [-0.1, -0.05) is 42.5 Å². The molecule has 2 aromatic carbocycles. The molecule has 0 bridgehead atoms. The molecule has 0 saturated carbocycles. The molecule has 2 aromatic rings. The monoisotopic (exact) mass is 292 g/mol. The Morgan fingerprint density at radius 2 is 1.33 bits per heavy atom. The fourth-order valence-electron chi connectivity index (χ4n) is 2.16. The van der Waals surface area contributed by atoms with E-state index in [9.17, 15) is 18.0 Å². The maximum Gasteiger partial charge on any atom is 0.416 e. The quantitative estimate of drug-likeness (QED) is 0.738. The lowest BCUT2D eigenvalue weighted by molar-refractivity contribution is -0.137. The first-order valence-electron chi connectivity index (χ1n) is 6.50. The van der Waals surface area contributed by atoms with E-state index in [0.717, 1.165) is 17.7 Å². The summed E-state index contributed by atoms with van der Waals surface area (Å²) in [4.78, 5) is 12.5. The average Bonchev–Trinajstić information content (AvgIpc) is 2.46. The molecule has 0 spiro atoms. The Bertz CT molecular complexity index is 625. The van der Waals surface area contributed by atoms with Gasteiger partial charge < -0.3 is 0 Å². The predicted molar refractivity (Wildman–Crippen MR) is 75.2 cm³/mol. The van der Waals surface area contributed by atoms with Crippen LogP contribution < -0.4 is 0 Å². The first kappa shape index (κ1) is 15.3. The topological polar surface area (TPSA) is 17.1 Å². The maximum absolute atomic E-state index is 12.5. The third-order valence-corrected chi connectivity index (χ3v) is 3.54. The third kappa shape index (κ3) is 3.15. The summed E-state index contributed by atoms with van der Waals surface area (Å²) in [7, 11) is 0. The van der Waals surface area contributed by atoms with Crippen molar-refractivity contribution in [3.63, 3.8) is 0 Å². The highest BCUT2D eigenvalue weighted by Crippen LogP contribution is 2.31. The zero-order valence-corrected chi connectivity index (χ0v) is 11.7. The summed E-state index contributed by atoms with van der Waals surface area (Å²) in [5.41, 5.74) is -0.440. The van der Waals surface area contributed by atoms with Crippen LogP contribution in [-0.4, -0.2) is 5.78 Å². The van der Waals surface area contributed by atoms with Gasteiger partial charge in [0.05, 0.1) is 11.0 Å². The summed E-state index contributed by atoms with van der Waals surface area (Å²) in [6, 6.07) is 13.5. The van der Waals surface area contributed by atoms with Crippen LogP contribution in [0.1, 0.15) is 35.3 Å². The minimum atomic E-state index is -4.39. The molecule has 0 saturated heterocycles. The fourth-order valence-corrected chi connectivity index (χ4v) is 2.16. The molecule has 0 aliphatic heterocycles. The number of ketones is 1. The second-order valence-corrected chi connectivity index (χ2v) is 5.40. The van der Waals surface area contributed by atoms with Crippen LogP contribution in [0.2, 0.25) is 0 Å². The molecule has 0 unspecified atom stereocenters. The highest BCUT2D eigenvalue weighted by atomic mass is 19.4. The molecule has 0 fully saturated rings. The molecule has 0 heterocycles. The van der Waals surface area contributed by atoms with E-state index in [4.69, 9.17) is 0 Å². The molecule has 0 atom stereocenters. The lowest BCUT2D eigenvalue weighted by atomic mass is 9.78. The highest BCUT2D eigenvalue weighted by molar-refractivity contribution is 6.03. The van der Waals surface area contributed by atoms with Crippen LogP contribution in [0.15, 0.2) is 54.6 Å². The van der Waals surface area contributed by atoms with Gasteiger partial charge in [-0.05, 0) is 31.5 Å². The standard InChI is InChI=1S/C17H15F3O/c1-16(2,13-6-4-3-5-7-13)15(21)12-8-10-14(11-9-12)17(18,19)20/h3-11H,1-2H3. The van der Waals surface area contributed by atoms with Crippen LogP contribution in [0.3, 0.4) is 0 Å². The van der Waals surface area contributed by atoms with Crippen molar-refractivity contribution >= 4 is 5.78 Å². The van der Waals surface area contributed by atoms with E-state index >= 15 is 0 Å². The van der Waals surface area contributed by atoms with E-state index in [2.05, 4.69) is 0 Å². The van der Waals surface area contributed by atoms with E-state index in [1.54, 1.807) is 13.8 Å². The van der Waals surface area contributed by atoms with E-state index in [1.165, 1.54) is 12.1 Å². The molecule has 0 N–H and O–H groups in total. The molecular formula is C17H15F3O. The molecule has 110 valence electrons. The van der Waals surface area contributed by atoms with Gasteiger partial charge in [0.2, 0.25) is 0 Å². The van der Waals surface area contributed by atoms with Crippen LogP contribution >= 0.6 is 0 Å². The Balaban J connectivity index is 2.32. The maximum atomic E-state index is 12.5. The van der Waals surface area contributed by atoms with Gasteiger partial charge in [-0.2, -0.15) is 13.2 Å². The van der Waals surface area contributed by atoms with E-state index in [0.29, 0.717) is 0 Å². The molecule has 1 nitrogen and oxygen atoms in total. The summed E-state index contributed by atoms with van der Waals surface area (Å²) in [6.07, 6.45) is -4.39. The smallest absolute Gasteiger partial charge is 0.293 e. The van der Waals surface area contributed by atoms with Gasteiger partial charge in [-0.25, -0.2) is 0 Å². The van der Waals surface area contributed by atoms with E-state index in [-0.39, 0.29) is 11.3 Å². The van der Waals surface area contributed by atoms with Crippen molar-refractivity contribution in [2.45, 2.75) is 25.4 Å². The Hall–Kier alpha value is -2.10. The number of hydrogen-bond donors (Lipinski definition) is 0. The first-order valence-corrected chi connectivity index (χ1v) is 6.50. The summed E-state index contributed by atoms with van der Waals surface area (Å²) >= 11 is 0. The Morgan fingerprint density at radius 1 is 0.810 bits per heavy atom. The van der Waals surface area contributed by atoms with Crippen molar-refractivity contribution in [1.82, 2.24) is 0 Å². The lowest BCUT2D eigenvalue weighted by Gasteiger charge is -2.24. The zero-order chi connectivity index (χ0) is 15.7. The SMILES string of the molecule is CC(C)(C(=O)c1ccc(C(F)(F)F)cc1)c1ccccc1. The van der Waals surface area contributed by atoms with Gasteiger partial charge in [0.25, 0.3) is 0 Å². The Kier molecular flexibility index (Phi) is 3.90. The highest BCUT2D eigenvalue weighted by Gasteiger charge is 2.33. The Labute approximate surface area is 121 Å². The number of benzene rings is 2. The number of Topliss-reactive ketones (excluding diaryl/α,β-unsaturated/α-hetero) is 1. The second-order valence-electron chi connectivity index (χ2n) is 5.40. The van der Waals surface area contributed by atoms with Crippen molar-refractivity contribution in [1.29, 1.82) is 0 Å². The number of halogens is 3. The van der Waals surface area contributed by atoms with E-state index in [1.807, 2.05) is 30.3 Å². The zero-order valence-electron chi connectivity index (χ0n) is 11.7. The van der Waals surface area contributed by atoms with Crippen LogP contribution in [0.25, 0.3) is 0 Å². The van der Waals surface area contributed by atoms with Gasteiger partial charge in [0.15, 0.2) is 5.78 Å². The summed E-state index contributed by atoms with van der Waals surface area (Å²) in [5.74, 6) is -0.206. The van der Waals surface area contributed by atoms with Gasteiger partial charge in [-0.15, -0.1) is 0 Å². The van der Waals surface area contributed by atoms with E-state index < -0.39 is 17.2 Å². The number of carbonyl (C=O) groups is 1. The summed E-state index contributed by atoms with van der Waals surface area (Å²) in [5, 5.41) is 0. The van der Waals surface area contributed by atoms with Gasteiger partial charge in [0.1, 0.15) is 0 Å². The lowest BCUT2D eigenvalue weighted by Crippen LogP contribution is -2.29. The molecule has 0 aromatic heterocycles. The number of hydrogen-bond acceptors (Lipinski definition) is 1. The van der Waals surface area contributed by atoms with Crippen LogP contribution in [0.4, 0.5) is 13.2 Å². The largest absolute Gasteiger partial charge is 0.416 e. The molecular weight excluding hydrogens is 277 g/mol. The van der Waals surface area contributed by atoms with Crippen molar-refractivity contribution in [2.24, 2.45) is 0 Å². The summed E-state index contributed by atoms with van der Waals surface area (Å²) < 4.78 is 37.6. The molecule has 0 aliphatic rings. The molecule has 21 heavy (non-hydrogen) atoms. The fraction of sp³-hybridized carbons (Fsp3) is 0.235. The normalized spacial score (nSPS) is 12.2. The Morgan fingerprint density at radius 3 is 1.81 bits per heavy atom. The van der Waals surface area contributed by atoms with Crippen molar-refractivity contribution < 1.29 is 18.0 Å². The molecule has 4 heteroatoms. The summed E-state index contributed by atoms with van der Waals surface area (Å²) in [6.45, 7) is 3.53. The average molecular weight is 292 g/mol. The molecule has 2 rings (SSSR count). The van der Waals surface area contributed by atoms with Crippen LogP contribution in [0, 0.1) is 0 Å². The van der Waals surface area contributed by atoms with Gasteiger partial charge >= 0.3 is 6.18 Å².